The summed E-state index contributed by atoms with van der Waals surface area (Å²) in [4.78, 5) is 0. The van der Waals surface area contributed by atoms with Gasteiger partial charge in [0.25, 0.3) is 0 Å². The van der Waals surface area contributed by atoms with Gasteiger partial charge in [-0.3, -0.25) is 0 Å². The molecule has 1 aromatic carbocycles. The van der Waals surface area contributed by atoms with Crippen LogP contribution in [-0.2, 0) is 4.74 Å². The largest absolute Gasteiger partial charge is 0.487 e. The fourth-order valence-corrected chi connectivity index (χ4v) is 2.22. The highest BCUT2D eigenvalue weighted by molar-refractivity contribution is 6.30. The van der Waals surface area contributed by atoms with Crippen LogP contribution in [0.3, 0.4) is 0 Å². The summed E-state index contributed by atoms with van der Waals surface area (Å²) in [5.41, 5.74) is 0.995. The SMILES string of the molecule is CCOC1C(O)CC1Oc1ccc(Cl)cc1C. The van der Waals surface area contributed by atoms with Gasteiger partial charge in [-0.15, -0.1) is 0 Å². The second-order valence-corrected chi connectivity index (χ2v) is 4.73. The van der Waals surface area contributed by atoms with Crippen molar-refractivity contribution < 1.29 is 14.6 Å². The van der Waals surface area contributed by atoms with Gasteiger partial charge in [0.05, 0.1) is 6.10 Å². The van der Waals surface area contributed by atoms with Gasteiger partial charge in [0.2, 0.25) is 0 Å². The molecule has 1 aliphatic carbocycles. The van der Waals surface area contributed by atoms with Gasteiger partial charge >= 0.3 is 0 Å². The number of ether oxygens (including phenoxy) is 2. The van der Waals surface area contributed by atoms with Gasteiger partial charge < -0.3 is 14.6 Å². The van der Waals surface area contributed by atoms with Crippen LogP contribution in [0.25, 0.3) is 0 Å². The summed E-state index contributed by atoms with van der Waals surface area (Å²) >= 11 is 5.88. The van der Waals surface area contributed by atoms with Crippen molar-refractivity contribution in [3.63, 3.8) is 0 Å². The van der Waals surface area contributed by atoms with Gasteiger partial charge in [-0.25, -0.2) is 0 Å². The van der Waals surface area contributed by atoms with Crippen LogP contribution in [0.4, 0.5) is 0 Å². The Balaban J connectivity index is 2.01. The summed E-state index contributed by atoms with van der Waals surface area (Å²) in [6.07, 6.45) is -0.0697. The van der Waals surface area contributed by atoms with Gasteiger partial charge in [-0.1, -0.05) is 11.6 Å². The van der Waals surface area contributed by atoms with Crippen LogP contribution in [0.15, 0.2) is 18.2 Å². The molecule has 1 saturated carbocycles. The number of hydrogen-bond acceptors (Lipinski definition) is 3. The third kappa shape index (κ3) is 2.73. The minimum Gasteiger partial charge on any atom is -0.487 e. The third-order valence-electron chi connectivity index (χ3n) is 2.99. The molecule has 0 heterocycles. The molecule has 1 aromatic rings. The zero-order chi connectivity index (χ0) is 12.4. The lowest BCUT2D eigenvalue weighted by Gasteiger charge is -2.40. The first-order valence-corrected chi connectivity index (χ1v) is 6.22. The van der Waals surface area contributed by atoms with Gasteiger partial charge in [0.1, 0.15) is 18.0 Å². The fourth-order valence-electron chi connectivity index (χ4n) is 1.99. The van der Waals surface area contributed by atoms with Crippen molar-refractivity contribution in [2.45, 2.75) is 38.6 Å². The molecule has 0 amide bonds. The van der Waals surface area contributed by atoms with Gasteiger partial charge in [0, 0.05) is 18.1 Å². The van der Waals surface area contributed by atoms with E-state index in [9.17, 15) is 5.11 Å². The van der Waals surface area contributed by atoms with Crippen molar-refractivity contribution in [2.24, 2.45) is 0 Å². The Kier molecular flexibility index (Phi) is 3.92. The zero-order valence-corrected chi connectivity index (χ0v) is 10.8. The van der Waals surface area contributed by atoms with E-state index in [4.69, 9.17) is 21.1 Å². The maximum absolute atomic E-state index is 9.57. The van der Waals surface area contributed by atoms with E-state index in [0.717, 1.165) is 11.3 Å². The highest BCUT2D eigenvalue weighted by Gasteiger charge is 2.42. The molecule has 94 valence electrons. The summed E-state index contributed by atoms with van der Waals surface area (Å²) in [5.74, 6) is 0.802. The Morgan fingerprint density at radius 1 is 1.47 bits per heavy atom. The first-order chi connectivity index (χ1) is 8.11. The van der Waals surface area contributed by atoms with Gasteiger partial charge in [-0.2, -0.15) is 0 Å². The van der Waals surface area contributed by atoms with E-state index in [0.29, 0.717) is 18.1 Å². The predicted octanol–water partition coefficient (Wildman–Crippen LogP) is 2.57. The number of aliphatic hydroxyl groups is 1. The van der Waals surface area contributed by atoms with Gasteiger partial charge in [-0.05, 0) is 37.6 Å². The summed E-state index contributed by atoms with van der Waals surface area (Å²) in [6, 6.07) is 5.52. The normalized spacial score (nSPS) is 27.6. The Morgan fingerprint density at radius 3 is 2.82 bits per heavy atom. The van der Waals surface area contributed by atoms with Crippen molar-refractivity contribution in [3.05, 3.63) is 28.8 Å². The van der Waals surface area contributed by atoms with Crippen molar-refractivity contribution >= 4 is 11.6 Å². The molecular weight excluding hydrogens is 240 g/mol. The predicted molar refractivity (Wildman–Crippen MR) is 66.6 cm³/mol. The van der Waals surface area contributed by atoms with Crippen molar-refractivity contribution in [3.8, 4) is 5.75 Å². The van der Waals surface area contributed by atoms with Crippen LogP contribution in [0.1, 0.15) is 18.9 Å². The molecule has 0 radical (unpaired) electrons. The summed E-state index contributed by atoms with van der Waals surface area (Å²) in [5, 5.41) is 10.3. The molecule has 0 aliphatic heterocycles. The second kappa shape index (κ2) is 5.25. The lowest BCUT2D eigenvalue weighted by atomic mass is 9.88. The average molecular weight is 257 g/mol. The molecule has 4 heteroatoms. The highest BCUT2D eigenvalue weighted by atomic mass is 35.5. The maximum Gasteiger partial charge on any atom is 0.130 e. The molecule has 0 spiro atoms. The standard InChI is InChI=1S/C13H17ClO3/c1-3-16-13-10(15)7-12(13)17-11-5-4-9(14)6-8(11)2/h4-6,10,12-13,15H,3,7H2,1-2H3. The zero-order valence-electron chi connectivity index (χ0n) is 10.0. The number of aliphatic hydroxyl groups excluding tert-OH is 1. The fraction of sp³-hybridized carbons (Fsp3) is 0.538. The lowest BCUT2D eigenvalue weighted by molar-refractivity contribution is -0.160. The smallest absolute Gasteiger partial charge is 0.130 e. The second-order valence-electron chi connectivity index (χ2n) is 4.29. The molecule has 3 atom stereocenters. The van der Waals surface area contributed by atoms with Crippen LogP contribution in [0.5, 0.6) is 5.75 Å². The minimum atomic E-state index is -0.410. The number of benzene rings is 1. The minimum absolute atomic E-state index is 0.0650. The van der Waals surface area contributed by atoms with Gasteiger partial charge in [0.15, 0.2) is 0 Å². The Morgan fingerprint density at radius 2 is 2.24 bits per heavy atom. The number of aryl methyl sites for hydroxylation is 1. The van der Waals surface area contributed by atoms with E-state index < -0.39 is 6.10 Å². The Labute approximate surface area is 106 Å². The molecule has 1 N–H and O–H groups in total. The molecule has 3 nitrogen and oxygen atoms in total. The number of halogens is 1. The lowest BCUT2D eigenvalue weighted by Crippen LogP contribution is -2.55. The van der Waals surface area contributed by atoms with Crippen LogP contribution < -0.4 is 4.74 Å². The molecule has 2 rings (SSSR count). The summed E-state index contributed by atoms with van der Waals surface area (Å²) < 4.78 is 11.3. The molecule has 17 heavy (non-hydrogen) atoms. The van der Waals surface area contributed by atoms with E-state index in [1.165, 1.54) is 0 Å². The van der Waals surface area contributed by atoms with Crippen molar-refractivity contribution in [2.75, 3.05) is 6.61 Å². The third-order valence-corrected chi connectivity index (χ3v) is 3.23. The topological polar surface area (TPSA) is 38.7 Å². The highest BCUT2D eigenvalue weighted by Crippen LogP contribution is 2.31. The Hall–Kier alpha value is -0.770. The van der Waals surface area contributed by atoms with E-state index in [1.807, 2.05) is 26.0 Å². The molecule has 0 aromatic heterocycles. The van der Waals surface area contributed by atoms with E-state index in [1.54, 1.807) is 6.07 Å². The van der Waals surface area contributed by atoms with Crippen LogP contribution in [0.2, 0.25) is 5.02 Å². The first kappa shape index (κ1) is 12.7. The maximum atomic E-state index is 9.57. The molecule has 0 saturated heterocycles. The number of hydrogen-bond donors (Lipinski definition) is 1. The van der Waals surface area contributed by atoms with Crippen LogP contribution >= 0.6 is 11.6 Å². The molecule has 0 bridgehead atoms. The quantitative estimate of drug-likeness (QED) is 0.900. The van der Waals surface area contributed by atoms with E-state index >= 15 is 0 Å². The number of rotatable bonds is 4. The van der Waals surface area contributed by atoms with Crippen molar-refractivity contribution in [1.29, 1.82) is 0 Å². The van der Waals surface area contributed by atoms with Crippen molar-refractivity contribution in [1.82, 2.24) is 0 Å². The Bertz CT molecular complexity index is 394. The summed E-state index contributed by atoms with van der Waals surface area (Å²) in [7, 11) is 0. The van der Waals surface area contributed by atoms with Crippen LogP contribution in [-0.4, -0.2) is 30.0 Å². The summed E-state index contributed by atoms with van der Waals surface area (Å²) in [6.45, 7) is 4.45. The molecular formula is C13H17ClO3. The molecule has 1 aliphatic rings. The monoisotopic (exact) mass is 256 g/mol. The molecule has 3 unspecified atom stereocenters. The van der Waals surface area contributed by atoms with Crippen LogP contribution in [0, 0.1) is 6.92 Å². The first-order valence-electron chi connectivity index (χ1n) is 5.84. The average Bonchev–Trinajstić information content (AvgIpc) is 2.28. The van der Waals surface area contributed by atoms with E-state index in [2.05, 4.69) is 0 Å². The molecule has 1 fully saturated rings. The van der Waals surface area contributed by atoms with E-state index in [-0.39, 0.29) is 12.2 Å².